The molecule has 0 aliphatic heterocycles. The van der Waals surface area contributed by atoms with Crippen LogP contribution in [0.2, 0.25) is 0 Å². The van der Waals surface area contributed by atoms with E-state index in [4.69, 9.17) is 4.42 Å². The number of carbonyl (C=O) groups is 1. The number of nitrogens with zero attached hydrogens (tertiary/aromatic N) is 2. The Hall–Kier alpha value is -2.89. The third kappa shape index (κ3) is 3.01. The molecule has 0 saturated carbocycles. The SMILES string of the molecule is Cc1cnn(C(C)C(=O)Nc2ccc3c(C)cc(=O)oc3c2)c1. The second kappa shape index (κ2) is 5.72. The third-order valence-corrected chi connectivity index (χ3v) is 3.73. The Morgan fingerprint density at radius 2 is 2.09 bits per heavy atom. The highest BCUT2D eigenvalue weighted by molar-refractivity contribution is 5.95. The molecule has 6 nitrogen and oxygen atoms in total. The van der Waals surface area contributed by atoms with E-state index in [-0.39, 0.29) is 5.91 Å². The molecule has 1 atom stereocenters. The topological polar surface area (TPSA) is 77.1 Å². The molecule has 1 N–H and O–H groups in total. The van der Waals surface area contributed by atoms with Gasteiger partial charge in [0.15, 0.2) is 0 Å². The number of aryl methyl sites for hydroxylation is 2. The second-order valence-corrected chi connectivity index (χ2v) is 5.62. The maximum atomic E-state index is 12.3. The van der Waals surface area contributed by atoms with Gasteiger partial charge in [-0.3, -0.25) is 9.48 Å². The van der Waals surface area contributed by atoms with Gasteiger partial charge in [-0.05, 0) is 44.0 Å². The lowest BCUT2D eigenvalue weighted by Gasteiger charge is -2.13. The minimum Gasteiger partial charge on any atom is -0.423 e. The summed E-state index contributed by atoms with van der Waals surface area (Å²) in [6.07, 6.45) is 3.52. The molecule has 0 bridgehead atoms. The van der Waals surface area contributed by atoms with Crippen molar-refractivity contribution in [1.82, 2.24) is 9.78 Å². The van der Waals surface area contributed by atoms with Crippen molar-refractivity contribution in [1.29, 1.82) is 0 Å². The first-order valence-corrected chi connectivity index (χ1v) is 7.30. The monoisotopic (exact) mass is 311 g/mol. The van der Waals surface area contributed by atoms with Crippen LogP contribution in [0.4, 0.5) is 5.69 Å². The fraction of sp³-hybridized carbons (Fsp3) is 0.235. The fourth-order valence-corrected chi connectivity index (χ4v) is 2.41. The predicted octanol–water partition coefficient (Wildman–Crippen LogP) is 2.81. The number of carbonyl (C=O) groups excluding carboxylic acids is 1. The lowest BCUT2D eigenvalue weighted by molar-refractivity contribution is -0.119. The van der Waals surface area contributed by atoms with Crippen LogP contribution in [0.5, 0.6) is 0 Å². The zero-order valence-corrected chi connectivity index (χ0v) is 13.2. The zero-order valence-electron chi connectivity index (χ0n) is 13.2. The summed E-state index contributed by atoms with van der Waals surface area (Å²) in [6, 6.07) is 6.27. The van der Waals surface area contributed by atoms with Crippen molar-refractivity contribution in [2.45, 2.75) is 26.8 Å². The number of hydrogen-bond donors (Lipinski definition) is 1. The lowest BCUT2D eigenvalue weighted by atomic mass is 10.1. The molecule has 1 amide bonds. The van der Waals surface area contributed by atoms with E-state index in [0.29, 0.717) is 11.3 Å². The van der Waals surface area contributed by atoms with Crippen LogP contribution in [0.3, 0.4) is 0 Å². The average molecular weight is 311 g/mol. The van der Waals surface area contributed by atoms with Gasteiger partial charge in [-0.15, -0.1) is 0 Å². The van der Waals surface area contributed by atoms with Gasteiger partial charge in [-0.1, -0.05) is 0 Å². The molecule has 2 aromatic heterocycles. The van der Waals surface area contributed by atoms with Crippen LogP contribution in [0, 0.1) is 13.8 Å². The van der Waals surface area contributed by atoms with Crippen molar-refractivity contribution in [3.8, 4) is 0 Å². The Balaban J connectivity index is 1.86. The Labute approximate surface area is 132 Å². The van der Waals surface area contributed by atoms with Crippen molar-refractivity contribution in [3.05, 3.63) is 58.2 Å². The highest BCUT2D eigenvalue weighted by Crippen LogP contribution is 2.21. The summed E-state index contributed by atoms with van der Waals surface area (Å²) in [5.74, 6) is -0.192. The standard InChI is InChI=1S/C17H17N3O3/c1-10-8-18-20(9-10)12(3)17(22)19-13-4-5-14-11(2)6-16(21)23-15(14)7-13/h4-9,12H,1-3H3,(H,19,22). The summed E-state index contributed by atoms with van der Waals surface area (Å²) in [7, 11) is 0. The summed E-state index contributed by atoms with van der Waals surface area (Å²) >= 11 is 0. The highest BCUT2D eigenvalue weighted by atomic mass is 16.4. The predicted molar refractivity (Wildman–Crippen MR) is 87.5 cm³/mol. The van der Waals surface area contributed by atoms with Crippen LogP contribution >= 0.6 is 0 Å². The maximum Gasteiger partial charge on any atom is 0.336 e. The molecule has 23 heavy (non-hydrogen) atoms. The van der Waals surface area contributed by atoms with Gasteiger partial charge in [-0.2, -0.15) is 5.10 Å². The van der Waals surface area contributed by atoms with Crippen molar-refractivity contribution in [3.63, 3.8) is 0 Å². The molecule has 6 heteroatoms. The molecular weight excluding hydrogens is 294 g/mol. The Kier molecular flexibility index (Phi) is 3.73. The summed E-state index contributed by atoms with van der Waals surface area (Å²) in [4.78, 5) is 23.8. The van der Waals surface area contributed by atoms with Crippen molar-refractivity contribution < 1.29 is 9.21 Å². The lowest BCUT2D eigenvalue weighted by Crippen LogP contribution is -2.24. The molecule has 0 radical (unpaired) electrons. The van der Waals surface area contributed by atoms with E-state index >= 15 is 0 Å². The Bertz CT molecular complexity index is 940. The molecule has 2 heterocycles. The zero-order chi connectivity index (χ0) is 16.6. The summed E-state index contributed by atoms with van der Waals surface area (Å²) in [6.45, 7) is 5.54. The number of nitrogens with one attached hydrogen (secondary N) is 1. The van der Waals surface area contributed by atoms with Gasteiger partial charge in [0.05, 0.1) is 6.20 Å². The fourth-order valence-electron chi connectivity index (χ4n) is 2.41. The normalized spacial score (nSPS) is 12.3. The third-order valence-electron chi connectivity index (χ3n) is 3.73. The van der Waals surface area contributed by atoms with E-state index in [2.05, 4.69) is 10.4 Å². The maximum absolute atomic E-state index is 12.3. The molecular formula is C17H17N3O3. The number of amides is 1. The van der Waals surface area contributed by atoms with E-state index in [1.54, 1.807) is 29.9 Å². The minimum absolute atomic E-state index is 0.192. The van der Waals surface area contributed by atoms with Crippen molar-refractivity contribution >= 4 is 22.6 Å². The Morgan fingerprint density at radius 1 is 1.30 bits per heavy atom. The van der Waals surface area contributed by atoms with Crippen LogP contribution in [0.25, 0.3) is 11.0 Å². The molecule has 1 aromatic carbocycles. The summed E-state index contributed by atoms with van der Waals surface area (Å²) in [5, 5.41) is 7.81. The Morgan fingerprint density at radius 3 is 2.78 bits per heavy atom. The molecule has 3 rings (SSSR count). The second-order valence-electron chi connectivity index (χ2n) is 5.62. The first kappa shape index (κ1) is 15.0. The molecule has 3 aromatic rings. The first-order chi connectivity index (χ1) is 10.9. The number of benzene rings is 1. The van der Waals surface area contributed by atoms with Crippen LogP contribution in [-0.2, 0) is 4.79 Å². The number of anilines is 1. The van der Waals surface area contributed by atoms with Crippen molar-refractivity contribution in [2.75, 3.05) is 5.32 Å². The quantitative estimate of drug-likeness (QED) is 0.755. The molecule has 0 aliphatic carbocycles. The number of fused-ring (bicyclic) bond motifs is 1. The van der Waals surface area contributed by atoms with Crippen LogP contribution in [0.1, 0.15) is 24.1 Å². The van der Waals surface area contributed by atoms with E-state index < -0.39 is 11.7 Å². The number of rotatable bonds is 3. The average Bonchev–Trinajstić information content (AvgIpc) is 2.92. The molecule has 0 spiro atoms. The largest absolute Gasteiger partial charge is 0.423 e. The molecule has 0 saturated heterocycles. The highest BCUT2D eigenvalue weighted by Gasteiger charge is 2.16. The van der Waals surface area contributed by atoms with Crippen LogP contribution < -0.4 is 10.9 Å². The van der Waals surface area contributed by atoms with E-state index in [1.807, 2.05) is 26.1 Å². The first-order valence-electron chi connectivity index (χ1n) is 7.30. The summed E-state index contributed by atoms with van der Waals surface area (Å²) < 4.78 is 6.80. The van der Waals surface area contributed by atoms with Gasteiger partial charge in [0.25, 0.3) is 0 Å². The molecule has 1 unspecified atom stereocenters. The smallest absolute Gasteiger partial charge is 0.336 e. The van der Waals surface area contributed by atoms with E-state index in [0.717, 1.165) is 16.5 Å². The van der Waals surface area contributed by atoms with Gasteiger partial charge in [-0.25, -0.2) is 4.79 Å². The van der Waals surface area contributed by atoms with E-state index in [1.165, 1.54) is 6.07 Å². The minimum atomic E-state index is -0.441. The van der Waals surface area contributed by atoms with Gasteiger partial charge < -0.3 is 9.73 Å². The van der Waals surface area contributed by atoms with E-state index in [9.17, 15) is 9.59 Å². The van der Waals surface area contributed by atoms with Crippen LogP contribution in [-0.4, -0.2) is 15.7 Å². The van der Waals surface area contributed by atoms with Gasteiger partial charge >= 0.3 is 5.63 Å². The molecule has 0 fully saturated rings. The molecule has 118 valence electrons. The number of aromatic nitrogens is 2. The van der Waals surface area contributed by atoms with Crippen molar-refractivity contribution in [2.24, 2.45) is 0 Å². The van der Waals surface area contributed by atoms with Gasteiger partial charge in [0.2, 0.25) is 5.91 Å². The van der Waals surface area contributed by atoms with Crippen LogP contribution in [0.15, 0.2) is 45.9 Å². The molecule has 0 aliphatic rings. The van der Waals surface area contributed by atoms with Gasteiger partial charge in [0.1, 0.15) is 11.6 Å². The summed E-state index contributed by atoms with van der Waals surface area (Å²) in [5.41, 5.74) is 2.46. The van der Waals surface area contributed by atoms with Gasteiger partial charge in [0, 0.05) is 29.4 Å². The number of hydrogen-bond acceptors (Lipinski definition) is 4.